The second kappa shape index (κ2) is 8.93. The van der Waals surface area contributed by atoms with E-state index < -0.39 is 0 Å². The Labute approximate surface area is 192 Å². The van der Waals surface area contributed by atoms with E-state index in [2.05, 4.69) is 5.43 Å². The zero-order chi connectivity index (χ0) is 22.6. The molecule has 0 spiro atoms. The van der Waals surface area contributed by atoms with Crippen LogP contribution in [0.1, 0.15) is 10.4 Å². The molecular formula is C28H22N4O. The standard InChI is InChI=1S/C28H22N4O/c1-32(23-15-9-4-10-16-23)31-28(33)22-17-18-24-25(19-22)30-27(21-13-7-3-8-14-21)26(29-24)20-11-5-2-6-12-20/h2-19H,1H3,(H,31,33). The van der Waals surface area contributed by atoms with Crippen LogP contribution in [-0.4, -0.2) is 22.9 Å². The molecule has 0 aliphatic heterocycles. The molecule has 33 heavy (non-hydrogen) atoms. The fourth-order valence-corrected chi connectivity index (χ4v) is 3.72. The SMILES string of the molecule is CN(NC(=O)c1ccc2nc(-c3ccccc3)c(-c3ccccc3)nc2c1)c1ccccc1. The number of anilines is 1. The molecule has 0 aliphatic carbocycles. The molecule has 4 aromatic carbocycles. The largest absolute Gasteiger partial charge is 0.288 e. The quantitative estimate of drug-likeness (QED) is 0.361. The summed E-state index contributed by atoms with van der Waals surface area (Å²) in [5.41, 5.74) is 9.30. The Morgan fingerprint density at radius 1 is 0.667 bits per heavy atom. The first kappa shape index (κ1) is 20.4. The van der Waals surface area contributed by atoms with Crippen LogP contribution in [0.25, 0.3) is 33.5 Å². The van der Waals surface area contributed by atoms with Gasteiger partial charge in [-0.2, -0.15) is 0 Å². The van der Waals surface area contributed by atoms with Crippen LogP contribution in [0.5, 0.6) is 0 Å². The van der Waals surface area contributed by atoms with E-state index >= 15 is 0 Å². The molecule has 0 aliphatic rings. The van der Waals surface area contributed by atoms with Crippen molar-refractivity contribution in [2.75, 3.05) is 12.1 Å². The summed E-state index contributed by atoms with van der Waals surface area (Å²) in [4.78, 5) is 22.8. The Balaban J connectivity index is 1.55. The Kier molecular flexibility index (Phi) is 5.52. The number of hydrazine groups is 1. The van der Waals surface area contributed by atoms with E-state index in [1.54, 1.807) is 17.1 Å². The highest BCUT2D eigenvalue weighted by Crippen LogP contribution is 2.31. The number of nitrogens with one attached hydrogen (secondary N) is 1. The first-order valence-corrected chi connectivity index (χ1v) is 10.7. The lowest BCUT2D eigenvalue weighted by molar-refractivity contribution is 0.0951. The molecule has 5 rings (SSSR count). The topological polar surface area (TPSA) is 58.1 Å². The summed E-state index contributed by atoms with van der Waals surface area (Å²) >= 11 is 0. The number of hydrogen-bond acceptors (Lipinski definition) is 4. The van der Waals surface area contributed by atoms with Crippen LogP contribution in [-0.2, 0) is 0 Å². The van der Waals surface area contributed by atoms with E-state index in [0.717, 1.165) is 33.7 Å². The van der Waals surface area contributed by atoms with Crippen LogP contribution in [0.15, 0.2) is 109 Å². The summed E-state index contributed by atoms with van der Waals surface area (Å²) in [7, 11) is 1.81. The zero-order valence-electron chi connectivity index (χ0n) is 18.1. The fraction of sp³-hybridized carbons (Fsp3) is 0.0357. The average Bonchev–Trinajstić information content (AvgIpc) is 2.89. The average molecular weight is 431 g/mol. The Morgan fingerprint density at radius 2 is 1.18 bits per heavy atom. The van der Waals surface area contributed by atoms with E-state index in [4.69, 9.17) is 9.97 Å². The first-order valence-electron chi connectivity index (χ1n) is 10.7. The lowest BCUT2D eigenvalue weighted by Crippen LogP contribution is -2.39. The van der Waals surface area contributed by atoms with Crippen molar-refractivity contribution in [2.24, 2.45) is 0 Å². The number of nitrogens with zero attached hydrogens (tertiary/aromatic N) is 3. The molecule has 1 aromatic heterocycles. The van der Waals surface area contributed by atoms with Crippen molar-refractivity contribution in [3.05, 3.63) is 115 Å². The highest BCUT2D eigenvalue weighted by atomic mass is 16.2. The van der Waals surface area contributed by atoms with Crippen LogP contribution >= 0.6 is 0 Å². The van der Waals surface area contributed by atoms with Crippen LogP contribution < -0.4 is 10.4 Å². The minimum atomic E-state index is -0.210. The number of hydrogen-bond donors (Lipinski definition) is 1. The molecule has 5 nitrogen and oxygen atoms in total. The summed E-state index contributed by atoms with van der Waals surface area (Å²) in [5.74, 6) is -0.210. The molecule has 160 valence electrons. The van der Waals surface area contributed by atoms with Crippen molar-refractivity contribution in [3.8, 4) is 22.5 Å². The summed E-state index contributed by atoms with van der Waals surface area (Å²) in [6, 6.07) is 35.1. The van der Waals surface area contributed by atoms with E-state index in [0.29, 0.717) is 11.1 Å². The van der Waals surface area contributed by atoms with E-state index in [1.807, 2.05) is 104 Å². The number of rotatable bonds is 5. The number of aromatic nitrogens is 2. The molecule has 5 heteroatoms. The number of fused-ring (bicyclic) bond motifs is 1. The molecule has 0 saturated carbocycles. The van der Waals surface area contributed by atoms with Gasteiger partial charge in [-0.3, -0.25) is 15.2 Å². The maximum Gasteiger partial charge on any atom is 0.269 e. The molecule has 1 N–H and O–H groups in total. The third-order valence-corrected chi connectivity index (χ3v) is 5.43. The molecule has 0 fully saturated rings. The third kappa shape index (κ3) is 4.29. The van der Waals surface area contributed by atoms with Crippen molar-refractivity contribution in [2.45, 2.75) is 0 Å². The molecular weight excluding hydrogens is 408 g/mol. The normalized spacial score (nSPS) is 10.7. The van der Waals surface area contributed by atoms with Gasteiger partial charge in [0.05, 0.1) is 28.1 Å². The molecule has 0 bridgehead atoms. The molecule has 0 radical (unpaired) electrons. The maximum atomic E-state index is 12.9. The summed E-state index contributed by atoms with van der Waals surface area (Å²) in [5, 5.41) is 1.70. The van der Waals surface area contributed by atoms with Gasteiger partial charge in [0.2, 0.25) is 0 Å². The van der Waals surface area contributed by atoms with E-state index in [9.17, 15) is 4.79 Å². The fourth-order valence-electron chi connectivity index (χ4n) is 3.72. The van der Waals surface area contributed by atoms with Gasteiger partial charge in [-0.25, -0.2) is 9.97 Å². The van der Waals surface area contributed by atoms with Gasteiger partial charge in [0.1, 0.15) is 0 Å². The van der Waals surface area contributed by atoms with Gasteiger partial charge in [-0.15, -0.1) is 0 Å². The predicted octanol–water partition coefficient (Wildman–Crippen LogP) is 5.75. The molecule has 0 unspecified atom stereocenters. The van der Waals surface area contributed by atoms with Gasteiger partial charge in [0, 0.05) is 23.7 Å². The highest BCUT2D eigenvalue weighted by Gasteiger charge is 2.15. The molecule has 1 amide bonds. The Hall–Kier alpha value is -4.51. The van der Waals surface area contributed by atoms with E-state index in [-0.39, 0.29) is 5.91 Å². The summed E-state index contributed by atoms with van der Waals surface area (Å²) < 4.78 is 0. The second-order valence-electron chi connectivity index (χ2n) is 7.69. The van der Waals surface area contributed by atoms with Crippen molar-refractivity contribution in [3.63, 3.8) is 0 Å². The predicted molar refractivity (Wildman–Crippen MR) is 133 cm³/mol. The van der Waals surface area contributed by atoms with Gasteiger partial charge < -0.3 is 0 Å². The van der Waals surface area contributed by atoms with Crippen LogP contribution in [0.3, 0.4) is 0 Å². The minimum absolute atomic E-state index is 0.210. The lowest BCUT2D eigenvalue weighted by Gasteiger charge is -2.20. The van der Waals surface area contributed by atoms with Crippen molar-refractivity contribution in [1.82, 2.24) is 15.4 Å². The highest BCUT2D eigenvalue weighted by molar-refractivity contribution is 5.98. The van der Waals surface area contributed by atoms with Gasteiger partial charge in [0.25, 0.3) is 5.91 Å². The number of carbonyl (C=O) groups excluding carboxylic acids is 1. The first-order chi connectivity index (χ1) is 16.2. The van der Waals surface area contributed by atoms with Gasteiger partial charge in [0.15, 0.2) is 0 Å². The van der Waals surface area contributed by atoms with Crippen LogP contribution in [0.4, 0.5) is 5.69 Å². The number of benzene rings is 4. The number of para-hydroxylation sites is 1. The van der Waals surface area contributed by atoms with Gasteiger partial charge in [-0.05, 0) is 30.3 Å². The third-order valence-electron chi connectivity index (χ3n) is 5.43. The zero-order valence-corrected chi connectivity index (χ0v) is 18.1. The Morgan fingerprint density at radius 3 is 1.76 bits per heavy atom. The van der Waals surface area contributed by atoms with Crippen molar-refractivity contribution < 1.29 is 4.79 Å². The van der Waals surface area contributed by atoms with E-state index in [1.165, 1.54) is 0 Å². The lowest BCUT2D eigenvalue weighted by atomic mass is 10.0. The molecule has 0 saturated heterocycles. The molecule has 5 aromatic rings. The summed E-state index contributed by atoms with van der Waals surface area (Å²) in [6.45, 7) is 0. The van der Waals surface area contributed by atoms with Gasteiger partial charge in [-0.1, -0.05) is 78.9 Å². The molecule has 0 atom stereocenters. The van der Waals surface area contributed by atoms with Crippen molar-refractivity contribution in [1.29, 1.82) is 0 Å². The Bertz CT molecular complexity index is 1400. The van der Waals surface area contributed by atoms with Gasteiger partial charge >= 0.3 is 0 Å². The summed E-state index contributed by atoms with van der Waals surface area (Å²) in [6.07, 6.45) is 0. The van der Waals surface area contributed by atoms with Crippen LogP contribution in [0, 0.1) is 0 Å². The number of amides is 1. The number of carbonyl (C=O) groups is 1. The smallest absolute Gasteiger partial charge is 0.269 e. The van der Waals surface area contributed by atoms with Crippen LogP contribution in [0.2, 0.25) is 0 Å². The monoisotopic (exact) mass is 430 g/mol. The second-order valence-corrected chi connectivity index (χ2v) is 7.69. The molecule has 1 heterocycles. The maximum absolute atomic E-state index is 12.9. The van der Waals surface area contributed by atoms with Crippen molar-refractivity contribution >= 4 is 22.6 Å². The minimum Gasteiger partial charge on any atom is -0.288 e.